The van der Waals surface area contributed by atoms with Gasteiger partial charge in [0.25, 0.3) is 0 Å². The molecule has 0 amide bonds. The first-order valence-corrected chi connectivity index (χ1v) is 7.18. The fourth-order valence-corrected chi connectivity index (χ4v) is 2.62. The van der Waals surface area contributed by atoms with Crippen LogP contribution >= 0.6 is 0 Å². The molecule has 1 fully saturated rings. The van der Waals surface area contributed by atoms with Crippen molar-refractivity contribution >= 4 is 0 Å². The van der Waals surface area contributed by atoms with Gasteiger partial charge in [0.2, 0.25) is 0 Å². The molecule has 16 heavy (non-hydrogen) atoms. The summed E-state index contributed by atoms with van der Waals surface area (Å²) in [6.45, 7) is 12.0. The molecular weight excluding hydrogens is 196 g/mol. The second kappa shape index (κ2) is 8.08. The molecule has 1 rings (SSSR count). The molecule has 2 heteroatoms. The van der Waals surface area contributed by atoms with Crippen LogP contribution in [0.5, 0.6) is 0 Å². The Labute approximate surface area is 102 Å². The lowest BCUT2D eigenvalue weighted by Gasteiger charge is -2.32. The maximum atomic E-state index is 3.63. The van der Waals surface area contributed by atoms with Crippen molar-refractivity contribution in [3.05, 3.63) is 0 Å². The summed E-state index contributed by atoms with van der Waals surface area (Å²) in [4.78, 5) is 2.64. The lowest BCUT2D eigenvalue weighted by molar-refractivity contribution is 0.170. The van der Waals surface area contributed by atoms with Crippen molar-refractivity contribution in [2.45, 2.75) is 58.9 Å². The molecule has 0 aliphatic carbocycles. The van der Waals surface area contributed by atoms with Crippen molar-refractivity contribution in [3.63, 3.8) is 0 Å². The van der Waals surface area contributed by atoms with Gasteiger partial charge in [-0.1, -0.05) is 26.7 Å². The molecule has 0 aromatic rings. The lowest BCUT2D eigenvalue weighted by atomic mass is 10.1. The maximum absolute atomic E-state index is 3.63. The molecule has 2 nitrogen and oxygen atoms in total. The van der Waals surface area contributed by atoms with Gasteiger partial charge in [-0.3, -0.25) is 4.90 Å². The highest BCUT2D eigenvalue weighted by Crippen LogP contribution is 2.11. The molecule has 1 N–H and O–H groups in total. The second-order valence-electron chi connectivity index (χ2n) is 5.50. The zero-order chi connectivity index (χ0) is 11.8. The summed E-state index contributed by atoms with van der Waals surface area (Å²) < 4.78 is 0. The van der Waals surface area contributed by atoms with E-state index in [1.165, 1.54) is 51.7 Å². The number of nitrogens with zero attached hydrogens (tertiary/aromatic N) is 1. The van der Waals surface area contributed by atoms with Gasteiger partial charge < -0.3 is 5.32 Å². The fraction of sp³-hybridized carbons (Fsp3) is 1.00. The summed E-state index contributed by atoms with van der Waals surface area (Å²) in [7, 11) is 0. The third-order valence-electron chi connectivity index (χ3n) is 3.73. The van der Waals surface area contributed by atoms with Gasteiger partial charge in [-0.25, -0.2) is 0 Å². The van der Waals surface area contributed by atoms with E-state index >= 15 is 0 Å². The number of hydrogen-bond donors (Lipinski definition) is 1. The van der Waals surface area contributed by atoms with E-state index < -0.39 is 0 Å². The summed E-state index contributed by atoms with van der Waals surface area (Å²) in [5.74, 6) is 0.832. The number of nitrogens with one attached hydrogen (secondary N) is 1. The van der Waals surface area contributed by atoms with E-state index in [1.54, 1.807) is 0 Å². The minimum Gasteiger partial charge on any atom is -0.315 e. The lowest BCUT2D eigenvalue weighted by Crippen LogP contribution is -2.43. The predicted octanol–water partition coefficient (Wildman–Crippen LogP) is 2.89. The van der Waals surface area contributed by atoms with E-state index in [0.717, 1.165) is 12.5 Å². The van der Waals surface area contributed by atoms with Crippen molar-refractivity contribution in [3.8, 4) is 0 Å². The van der Waals surface area contributed by atoms with Crippen LogP contribution in [-0.2, 0) is 0 Å². The van der Waals surface area contributed by atoms with Crippen LogP contribution in [0.2, 0.25) is 0 Å². The maximum Gasteiger partial charge on any atom is 0.0192 e. The quantitative estimate of drug-likeness (QED) is 0.718. The standard InChI is InChI=1S/C14H30N2/c1-4-8-13(2)11-15-12-14(3)16-9-6-5-7-10-16/h13-15H,4-12H2,1-3H3. The molecule has 2 atom stereocenters. The molecule has 96 valence electrons. The minimum absolute atomic E-state index is 0.717. The summed E-state index contributed by atoms with van der Waals surface area (Å²) in [5.41, 5.74) is 0. The van der Waals surface area contributed by atoms with E-state index in [0.29, 0.717) is 6.04 Å². The molecule has 1 heterocycles. The van der Waals surface area contributed by atoms with Crippen molar-refractivity contribution in [1.82, 2.24) is 10.2 Å². The zero-order valence-corrected chi connectivity index (χ0v) is 11.5. The molecule has 0 bridgehead atoms. The Hall–Kier alpha value is -0.0800. The molecule has 0 aromatic carbocycles. The van der Waals surface area contributed by atoms with E-state index in [2.05, 4.69) is 31.0 Å². The first-order valence-electron chi connectivity index (χ1n) is 7.18. The van der Waals surface area contributed by atoms with Crippen LogP contribution < -0.4 is 5.32 Å². The Bertz CT molecular complexity index is 164. The molecule has 1 aliphatic heterocycles. The Morgan fingerprint density at radius 3 is 2.38 bits per heavy atom. The molecule has 0 radical (unpaired) electrons. The number of likely N-dealkylation sites (tertiary alicyclic amines) is 1. The van der Waals surface area contributed by atoms with Crippen molar-refractivity contribution < 1.29 is 0 Å². The first kappa shape index (κ1) is 14.0. The molecule has 2 unspecified atom stereocenters. The first-order chi connectivity index (χ1) is 7.74. The molecule has 1 saturated heterocycles. The number of hydrogen-bond acceptors (Lipinski definition) is 2. The van der Waals surface area contributed by atoms with E-state index in [9.17, 15) is 0 Å². The van der Waals surface area contributed by atoms with Gasteiger partial charge in [0.1, 0.15) is 0 Å². The van der Waals surface area contributed by atoms with Gasteiger partial charge >= 0.3 is 0 Å². The summed E-state index contributed by atoms with van der Waals surface area (Å²) in [6.07, 6.45) is 6.90. The molecule has 0 aromatic heterocycles. The van der Waals surface area contributed by atoms with Gasteiger partial charge in [-0.15, -0.1) is 0 Å². The van der Waals surface area contributed by atoms with Gasteiger partial charge in [0.15, 0.2) is 0 Å². The van der Waals surface area contributed by atoms with Crippen LogP contribution in [-0.4, -0.2) is 37.1 Å². The average molecular weight is 226 g/mol. The van der Waals surface area contributed by atoms with Gasteiger partial charge in [-0.05, 0) is 51.7 Å². The van der Waals surface area contributed by atoms with E-state index in [1.807, 2.05) is 0 Å². The van der Waals surface area contributed by atoms with Crippen molar-refractivity contribution in [2.75, 3.05) is 26.2 Å². The average Bonchev–Trinajstić information content (AvgIpc) is 2.30. The summed E-state index contributed by atoms with van der Waals surface area (Å²) in [6, 6.07) is 0.717. The molecule has 0 spiro atoms. The highest BCUT2D eigenvalue weighted by atomic mass is 15.2. The number of piperidine rings is 1. The van der Waals surface area contributed by atoms with Gasteiger partial charge in [0.05, 0.1) is 0 Å². The van der Waals surface area contributed by atoms with Crippen LogP contribution in [0.25, 0.3) is 0 Å². The number of rotatable bonds is 7. The van der Waals surface area contributed by atoms with Gasteiger partial charge in [0, 0.05) is 12.6 Å². The Morgan fingerprint density at radius 2 is 1.75 bits per heavy atom. The van der Waals surface area contributed by atoms with Crippen molar-refractivity contribution in [1.29, 1.82) is 0 Å². The monoisotopic (exact) mass is 226 g/mol. The summed E-state index contributed by atoms with van der Waals surface area (Å²) in [5, 5.41) is 3.63. The van der Waals surface area contributed by atoms with E-state index in [4.69, 9.17) is 0 Å². The molecular formula is C14H30N2. The van der Waals surface area contributed by atoms with Crippen molar-refractivity contribution in [2.24, 2.45) is 5.92 Å². The highest BCUT2D eigenvalue weighted by Gasteiger charge is 2.16. The smallest absolute Gasteiger partial charge is 0.0192 e. The minimum atomic E-state index is 0.717. The largest absolute Gasteiger partial charge is 0.315 e. The van der Waals surface area contributed by atoms with Crippen LogP contribution in [0.4, 0.5) is 0 Å². The second-order valence-corrected chi connectivity index (χ2v) is 5.50. The Kier molecular flexibility index (Phi) is 7.06. The van der Waals surface area contributed by atoms with E-state index in [-0.39, 0.29) is 0 Å². The zero-order valence-electron chi connectivity index (χ0n) is 11.5. The van der Waals surface area contributed by atoms with Crippen LogP contribution in [0, 0.1) is 5.92 Å². The SMILES string of the molecule is CCCC(C)CNCC(C)N1CCCCC1. The Morgan fingerprint density at radius 1 is 1.06 bits per heavy atom. The fourth-order valence-electron chi connectivity index (χ4n) is 2.62. The van der Waals surface area contributed by atoms with Gasteiger partial charge in [-0.2, -0.15) is 0 Å². The molecule has 1 aliphatic rings. The van der Waals surface area contributed by atoms with Crippen LogP contribution in [0.15, 0.2) is 0 Å². The molecule has 0 saturated carbocycles. The predicted molar refractivity (Wildman–Crippen MR) is 71.8 cm³/mol. The van der Waals surface area contributed by atoms with Crippen LogP contribution in [0.3, 0.4) is 0 Å². The van der Waals surface area contributed by atoms with Crippen LogP contribution in [0.1, 0.15) is 52.9 Å². The summed E-state index contributed by atoms with van der Waals surface area (Å²) >= 11 is 0. The third kappa shape index (κ3) is 5.31. The topological polar surface area (TPSA) is 15.3 Å². The normalized spacial score (nSPS) is 21.9. The Balaban J connectivity index is 2.07. The highest BCUT2D eigenvalue weighted by molar-refractivity contribution is 4.73. The third-order valence-corrected chi connectivity index (χ3v) is 3.73.